The maximum Gasteiger partial charge on any atom is 0.0384 e. The van der Waals surface area contributed by atoms with Gasteiger partial charge in [0.05, 0.1) is 0 Å². The average molecular weight is 371 g/mol. The molecular formula is C22H27Br. The molecule has 0 N–H and O–H groups in total. The molecule has 0 aromatic heterocycles. The number of halogens is 1. The first kappa shape index (κ1) is 12.0. The monoisotopic (exact) mass is 370 g/mol. The van der Waals surface area contributed by atoms with Crippen LogP contribution in [0.25, 0.3) is 0 Å². The summed E-state index contributed by atoms with van der Waals surface area (Å²) in [6.45, 7) is 0. The molecule has 2 spiro atoms. The molecule has 14 bridgehead atoms. The van der Waals surface area contributed by atoms with Crippen molar-refractivity contribution in [3.63, 3.8) is 0 Å². The number of alkyl halides is 1. The molecule has 13 fully saturated rings. The fourth-order valence-electron chi connectivity index (χ4n) is 13.4. The predicted molar refractivity (Wildman–Crippen MR) is 91.9 cm³/mol. The van der Waals surface area contributed by atoms with Crippen molar-refractivity contribution in [3.8, 4) is 0 Å². The molecule has 0 saturated heterocycles. The van der Waals surface area contributed by atoms with E-state index in [1.54, 1.807) is 51.4 Å². The molecule has 122 valence electrons. The van der Waals surface area contributed by atoms with Crippen LogP contribution in [0.15, 0.2) is 0 Å². The molecule has 0 unspecified atom stereocenters. The summed E-state index contributed by atoms with van der Waals surface area (Å²) in [5.41, 5.74) is 1.65. The minimum atomic E-state index is 0.631. The van der Waals surface area contributed by atoms with E-state index in [1.807, 2.05) is 0 Å². The molecule has 0 aromatic carbocycles. The molecule has 14 atom stereocenters. The summed E-state index contributed by atoms with van der Waals surface area (Å²) in [4.78, 5) is 0. The highest BCUT2D eigenvalue weighted by molar-refractivity contribution is 9.10. The van der Waals surface area contributed by atoms with E-state index in [2.05, 4.69) is 0 Å². The maximum absolute atomic E-state index is 4.72. The van der Waals surface area contributed by atoms with E-state index in [9.17, 15) is 0 Å². The zero-order valence-electron chi connectivity index (χ0n) is 13.9. The van der Waals surface area contributed by atoms with Crippen LogP contribution >= 0.6 is 15.9 Å². The lowest BCUT2D eigenvalue weighted by atomic mass is 9.13. The normalized spacial score (nSPS) is 85.2. The molecule has 13 rings (SSSR count). The van der Waals surface area contributed by atoms with Gasteiger partial charge in [0.25, 0.3) is 0 Å². The summed E-state index contributed by atoms with van der Waals surface area (Å²) >= 11 is 4.72. The zero-order chi connectivity index (χ0) is 14.5. The molecule has 13 aliphatic rings. The molecule has 0 aliphatic heterocycles. The molecule has 1 heteroatoms. The third-order valence-corrected chi connectivity index (χ3v) is 14.4. The van der Waals surface area contributed by atoms with Gasteiger partial charge in [0.2, 0.25) is 0 Å². The quantitative estimate of drug-likeness (QED) is 0.519. The maximum atomic E-state index is 4.72. The highest BCUT2D eigenvalue weighted by Crippen LogP contribution is 2.95. The lowest BCUT2D eigenvalue weighted by molar-refractivity contribution is -0.417. The van der Waals surface area contributed by atoms with Crippen LogP contribution in [0, 0.1) is 75.9 Å². The zero-order valence-corrected chi connectivity index (χ0v) is 15.5. The fraction of sp³-hybridized carbons (Fsp3) is 1.00. The topological polar surface area (TPSA) is 0 Å². The third kappa shape index (κ3) is 0.816. The number of hydrogen-bond acceptors (Lipinski definition) is 0. The Labute approximate surface area is 147 Å². The molecule has 23 heavy (non-hydrogen) atoms. The highest BCUT2D eigenvalue weighted by atomic mass is 79.9. The van der Waals surface area contributed by atoms with E-state index in [-0.39, 0.29) is 0 Å². The standard InChI is InChI=1S/C22H27Br/c23-22-16-4-10-2-12-15(16)7-20-5-9-1-11-14(13(3-9)19(20)22)8-21(22,6-10)18(12)17(11)20/h9-19H,1-8H2/t9-,10-,11+,12-,13+,14-,15+,16-,17-,18+,19-,20+,21+,22+/m1/s1. The predicted octanol–water partition coefficient (Wildman–Crippen LogP) is 5.11. The summed E-state index contributed by atoms with van der Waals surface area (Å²) in [6.07, 6.45) is 13.4. The van der Waals surface area contributed by atoms with Crippen LogP contribution in [0.3, 0.4) is 0 Å². The largest absolute Gasteiger partial charge is 0.0841 e. The molecule has 13 aliphatic carbocycles. The van der Waals surface area contributed by atoms with Gasteiger partial charge in [0.1, 0.15) is 0 Å². The van der Waals surface area contributed by atoms with Crippen LogP contribution in [0.5, 0.6) is 0 Å². The molecule has 13 saturated carbocycles. The van der Waals surface area contributed by atoms with Gasteiger partial charge in [-0.2, -0.15) is 0 Å². The van der Waals surface area contributed by atoms with Crippen molar-refractivity contribution in [2.75, 3.05) is 0 Å². The van der Waals surface area contributed by atoms with E-state index in [0.29, 0.717) is 4.32 Å². The third-order valence-electron chi connectivity index (χ3n) is 12.5. The summed E-state index contributed by atoms with van der Waals surface area (Å²) in [5, 5.41) is 0. The van der Waals surface area contributed by atoms with Gasteiger partial charge in [-0.15, -0.1) is 0 Å². The Morgan fingerprint density at radius 2 is 1.43 bits per heavy atom. The van der Waals surface area contributed by atoms with Gasteiger partial charge in [-0.25, -0.2) is 0 Å². The van der Waals surface area contributed by atoms with Crippen LogP contribution in [0.2, 0.25) is 0 Å². The van der Waals surface area contributed by atoms with Crippen molar-refractivity contribution in [2.45, 2.75) is 55.7 Å². The highest BCUT2D eigenvalue weighted by Gasteiger charge is 2.90. The second kappa shape index (κ2) is 2.93. The van der Waals surface area contributed by atoms with Crippen molar-refractivity contribution in [1.82, 2.24) is 0 Å². The molecule has 0 heterocycles. The number of rotatable bonds is 0. The van der Waals surface area contributed by atoms with Crippen molar-refractivity contribution in [3.05, 3.63) is 0 Å². The Balaban J connectivity index is 1.45. The summed E-state index contributed by atoms with van der Waals surface area (Å²) < 4.78 is 0.631. The van der Waals surface area contributed by atoms with Crippen LogP contribution in [0.4, 0.5) is 0 Å². The fourth-order valence-corrected chi connectivity index (χ4v) is 15.3. The molecule has 0 amide bonds. The average Bonchev–Trinajstić information content (AvgIpc) is 2.53. The van der Waals surface area contributed by atoms with Gasteiger partial charge in [-0.1, -0.05) is 15.9 Å². The van der Waals surface area contributed by atoms with Gasteiger partial charge >= 0.3 is 0 Å². The van der Waals surface area contributed by atoms with Crippen molar-refractivity contribution in [1.29, 1.82) is 0 Å². The summed E-state index contributed by atoms with van der Waals surface area (Å²) in [7, 11) is 0. The lowest BCUT2D eigenvalue weighted by Gasteiger charge is -2.93. The second-order valence-electron chi connectivity index (χ2n) is 12.1. The number of hydrogen-bond donors (Lipinski definition) is 0. The van der Waals surface area contributed by atoms with Gasteiger partial charge in [0.15, 0.2) is 0 Å². The molecule has 0 aromatic rings. The second-order valence-corrected chi connectivity index (χ2v) is 13.4. The Kier molecular flexibility index (Phi) is 1.53. The first-order valence-electron chi connectivity index (χ1n) is 10.9. The minimum Gasteiger partial charge on any atom is -0.0841 e. The first-order chi connectivity index (χ1) is 11.2. The SMILES string of the molecule is Br[C@]12[C@@H]3C[C@H]4C[C@@H]5[C@@H]3C[C@@]36C[C@@H]7C[C@H]8[C@@H](C[C@@]1(C4)[C@@H]5[C@@H]83)[C@H](C7)[C@H]62. The Morgan fingerprint density at radius 1 is 0.652 bits per heavy atom. The van der Waals surface area contributed by atoms with Gasteiger partial charge in [-0.3, -0.25) is 0 Å². The minimum absolute atomic E-state index is 0.631. The van der Waals surface area contributed by atoms with Crippen molar-refractivity contribution >= 4 is 15.9 Å². The van der Waals surface area contributed by atoms with Crippen LogP contribution in [-0.2, 0) is 0 Å². The van der Waals surface area contributed by atoms with Crippen molar-refractivity contribution in [2.24, 2.45) is 75.9 Å². The Bertz CT molecular complexity index is 700. The van der Waals surface area contributed by atoms with Crippen LogP contribution < -0.4 is 0 Å². The van der Waals surface area contributed by atoms with Gasteiger partial charge in [-0.05, 0) is 127 Å². The van der Waals surface area contributed by atoms with Gasteiger partial charge in [0, 0.05) is 4.32 Å². The Hall–Kier alpha value is 0.480. The molecular weight excluding hydrogens is 344 g/mol. The van der Waals surface area contributed by atoms with Crippen molar-refractivity contribution < 1.29 is 0 Å². The van der Waals surface area contributed by atoms with E-state index in [1.165, 1.54) is 29.6 Å². The molecule has 0 nitrogen and oxygen atoms in total. The lowest BCUT2D eigenvalue weighted by Crippen LogP contribution is -2.90. The van der Waals surface area contributed by atoms with Gasteiger partial charge < -0.3 is 0 Å². The van der Waals surface area contributed by atoms with E-state index in [0.717, 1.165) is 46.3 Å². The van der Waals surface area contributed by atoms with Crippen LogP contribution in [-0.4, -0.2) is 4.32 Å². The van der Waals surface area contributed by atoms with E-state index >= 15 is 0 Å². The van der Waals surface area contributed by atoms with E-state index < -0.39 is 0 Å². The van der Waals surface area contributed by atoms with E-state index in [4.69, 9.17) is 15.9 Å². The first-order valence-corrected chi connectivity index (χ1v) is 11.7. The van der Waals surface area contributed by atoms with Crippen LogP contribution in [0.1, 0.15) is 51.4 Å². The molecule has 0 radical (unpaired) electrons. The smallest absolute Gasteiger partial charge is 0.0384 e. The summed E-state index contributed by atoms with van der Waals surface area (Å²) in [6, 6.07) is 0. The summed E-state index contributed by atoms with van der Waals surface area (Å²) in [5.74, 6) is 12.8. The Morgan fingerprint density at radius 3 is 2.35 bits per heavy atom.